The van der Waals surface area contributed by atoms with Crippen molar-refractivity contribution in [2.24, 2.45) is 0 Å². The molecule has 1 aliphatic heterocycles. The fraction of sp³-hybridized carbons (Fsp3) is 0.105. The van der Waals surface area contributed by atoms with Crippen LogP contribution in [0.3, 0.4) is 0 Å². The SMILES string of the molecule is O=C(NCCN1C(=O)S/C(=C\c2ccccc2)C1=O)c1ccccc1Br. The zero-order valence-corrected chi connectivity index (χ0v) is 16.0. The van der Waals surface area contributed by atoms with Crippen LogP contribution < -0.4 is 5.32 Å². The molecule has 132 valence electrons. The highest BCUT2D eigenvalue weighted by atomic mass is 79.9. The Balaban J connectivity index is 1.59. The van der Waals surface area contributed by atoms with Crippen molar-refractivity contribution in [3.05, 3.63) is 75.1 Å². The topological polar surface area (TPSA) is 66.5 Å². The van der Waals surface area contributed by atoms with Gasteiger partial charge < -0.3 is 5.32 Å². The van der Waals surface area contributed by atoms with E-state index in [4.69, 9.17) is 0 Å². The second-order valence-electron chi connectivity index (χ2n) is 5.48. The Bertz CT molecular complexity index is 883. The minimum atomic E-state index is -0.334. The molecule has 1 N–H and O–H groups in total. The Morgan fingerprint density at radius 2 is 1.77 bits per heavy atom. The first-order chi connectivity index (χ1) is 12.6. The van der Waals surface area contributed by atoms with Gasteiger partial charge in [-0.25, -0.2) is 0 Å². The third-order valence-electron chi connectivity index (χ3n) is 3.71. The second kappa shape index (κ2) is 8.33. The monoisotopic (exact) mass is 430 g/mol. The summed E-state index contributed by atoms with van der Waals surface area (Å²) in [5.41, 5.74) is 1.37. The van der Waals surface area contributed by atoms with Gasteiger partial charge in [0.2, 0.25) is 0 Å². The Morgan fingerprint density at radius 3 is 2.50 bits per heavy atom. The van der Waals surface area contributed by atoms with Gasteiger partial charge in [-0.05, 0) is 51.5 Å². The molecule has 0 spiro atoms. The Morgan fingerprint density at radius 1 is 1.08 bits per heavy atom. The van der Waals surface area contributed by atoms with E-state index in [0.717, 1.165) is 22.2 Å². The zero-order chi connectivity index (χ0) is 18.5. The summed E-state index contributed by atoms with van der Waals surface area (Å²) in [6.45, 7) is 0.323. The summed E-state index contributed by atoms with van der Waals surface area (Å²) < 4.78 is 0.689. The molecule has 0 saturated carbocycles. The van der Waals surface area contributed by atoms with E-state index < -0.39 is 0 Å². The molecule has 0 bridgehead atoms. The van der Waals surface area contributed by atoms with Crippen molar-refractivity contribution in [2.75, 3.05) is 13.1 Å². The quantitative estimate of drug-likeness (QED) is 0.729. The standard InChI is InChI=1S/C19H15BrN2O3S/c20-15-9-5-4-8-14(15)17(23)21-10-11-22-18(24)16(26-19(22)25)12-13-6-2-1-3-7-13/h1-9,12H,10-11H2,(H,21,23)/b16-12-. The highest BCUT2D eigenvalue weighted by Gasteiger charge is 2.34. The molecule has 2 aromatic carbocycles. The van der Waals surface area contributed by atoms with Gasteiger partial charge in [0.1, 0.15) is 0 Å². The van der Waals surface area contributed by atoms with Gasteiger partial charge in [0.05, 0.1) is 10.5 Å². The largest absolute Gasteiger partial charge is 0.350 e. The van der Waals surface area contributed by atoms with Crippen molar-refractivity contribution in [3.63, 3.8) is 0 Å². The molecular weight excluding hydrogens is 416 g/mol. The molecule has 0 aliphatic carbocycles. The van der Waals surface area contributed by atoms with Gasteiger partial charge in [0, 0.05) is 17.6 Å². The number of amides is 3. The van der Waals surface area contributed by atoms with E-state index in [2.05, 4.69) is 21.2 Å². The fourth-order valence-corrected chi connectivity index (χ4v) is 3.75. The summed E-state index contributed by atoms with van der Waals surface area (Å²) in [6, 6.07) is 16.4. The zero-order valence-electron chi connectivity index (χ0n) is 13.6. The van der Waals surface area contributed by atoms with Crippen molar-refractivity contribution in [1.29, 1.82) is 0 Å². The molecular formula is C19H15BrN2O3S. The van der Waals surface area contributed by atoms with Crippen molar-refractivity contribution < 1.29 is 14.4 Å². The van der Waals surface area contributed by atoms with Crippen LogP contribution >= 0.6 is 27.7 Å². The lowest BCUT2D eigenvalue weighted by Crippen LogP contribution is -2.37. The summed E-state index contributed by atoms with van der Waals surface area (Å²) in [5.74, 6) is -0.594. The van der Waals surface area contributed by atoms with Gasteiger partial charge in [0.15, 0.2) is 0 Å². The van der Waals surface area contributed by atoms with Crippen LogP contribution in [-0.4, -0.2) is 35.0 Å². The molecule has 2 aromatic rings. The van der Waals surface area contributed by atoms with E-state index in [1.165, 1.54) is 0 Å². The summed E-state index contributed by atoms with van der Waals surface area (Å²) in [4.78, 5) is 38.2. The lowest BCUT2D eigenvalue weighted by molar-refractivity contribution is -0.122. The molecule has 7 heteroatoms. The normalized spacial score (nSPS) is 15.6. The van der Waals surface area contributed by atoms with Crippen LogP contribution in [0.5, 0.6) is 0 Å². The highest BCUT2D eigenvalue weighted by molar-refractivity contribution is 9.10. The number of carbonyl (C=O) groups is 3. The predicted molar refractivity (Wildman–Crippen MR) is 106 cm³/mol. The smallest absolute Gasteiger partial charge is 0.293 e. The van der Waals surface area contributed by atoms with Gasteiger partial charge in [-0.3, -0.25) is 19.3 Å². The minimum absolute atomic E-state index is 0.132. The number of halogens is 1. The molecule has 3 rings (SSSR count). The van der Waals surface area contributed by atoms with Crippen molar-refractivity contribution >= 4 is 50.8 Å². The van der Waals surface area contributed by atoms with Crippen LogP contribution in [0, 0.1) is 0 Å². The number of carbonyl (C=O) groups excluding carboxylic acids is 3. The van der Waals surface area contributed by atoms with E-state index in [0.29, 0.717) is 14.9 Å². The van der Waals surface area contributed by atoms with Crippen molar-refractivity contribution in [1.82, 2.24) is 10.2 Å². The van der Waals surface area contributed by atoms with Gasteiger partial charge in [-0.2, -0.15) is 0 Å². The number of benzene rings is 2. The molecule has 1 fully saturated rings. The van der Waals surface area contributed by atoms with Gasteiger partial charge in [-0.1, -0.05) is 42.5 Å². The first-order valence-electron chi connectivity index (χ1n) is 7.89. The van der Waals surface area contributed by atoms with Crippen LogP contribution in [-0.2, 0) is 4.79 Å². The number of hydrogen-bond acceptors (Lipinski definition) is 4. The summed E-state index contributed by atoms with van der Waals surface area (Å²) >= 11 is 4.24. The second-order valence-corrected chi connectivity index (χ2v) is 7.33. The molecule has 0 atom stereocenters. The molecule has 1 saturated heterocycles. The van der Waals surface area contributed by atoms with Crippen molar-refractivity contribution in [3.8, 4) is 0 Å². The number of thioether (sulfide) groups is 1. The Kier molecular flexibility index (Phi) is 5.90. The van der Waals surface area contributed by atoms with E-state index in [9.17, 15) is 14.4 Å². The number of imide groups is 1. The number of nitrogens with one attached hydrogen (secondary N) is 1. The maximum atomic E-state index is 12.4. The molecule has 0 unspecified atom stereocenters. The van der Waals surface area contributed by atoms with Crippen LogP contribution in [0.25, 0.3) is 6.08 Å². The predicted octanol–water partition coefficient (Wildman–Crippen LogP) is 3.92. The average Bonchev–Trinajstić information content (AvgIpc) is 2.90. The van der Waals surface area contributed by atoms with Gasteiger partial charge >= 0.3 is 0 Å². The van der Waals surface area contributed by atoms with E-state index in [1.54, 1.807) is 24.3 Å². The number of hydrogen-bond donors (Lipinski definition) is 1. The lowest BCUT2D eigenvalue weighted by atomic mass is 10.2. The Labute approximate surface area is 163 Å². The first kappa shape index (κ1) is 18.4. The third kappa shape index (κ3) is 4.23. The maximum absolute atomic E-state index is 12.4. The van der Waals surface area contributed by atoms with E-state index in [-0.39, 0.29) is 30.1 Å². The minimum Gasteiger partial charge on any atom is -0.350 e. The van der Waals surface area contributed by atoms with Crippen LogP contribution in [0.4, 0.5) is 4.79 Å². The third-order valence-corrected chi connectivity index (χ3v) is 5.31. The first-order valence-corrected chi connectivity index (χ1v) is 9.50. The molecule has 3 amide bonds. The van der Waals surface area contributed by atoms with Gasteiger partial charge in [-0.15, -0.1) is 0 Å². The molecule has 1 aliphatic rings. The molecule has 0 aromatic heterocycles. The van der Waals surface area contributed by atoms with Crippen molar-refractivity contribution in [2.45, 2.75) is 0 Å². The lowest BCUT2D eigenvalue weighted by Gasteiger charge is -2.13. The number of rotatable bonds is 5. The molecule has 1 heterocycles. The summed E-state index contributed by atoms with van der Waals surface area (Å²) in [7, 11) is 0. The Hall–Kier alpha value is -2.38. The molecule has 0 radical (unpaired) electrons. The van der Waals surface area contributed by atoms with Crippen LogP contribution in [0.15, 0.2) is 64.0 Å². The maximum Gasteiger partial charge on any atom is 0.293 e. The van der Waals surface area contributed by atoms with Crippen LogP contribution in [0.2, 0.25) is 0 Å². The highest BCUT2D eigenvalue weighted by Crippen LogP contribution is 2.31. The van der Waals surface area contributed by atoms with E-state index in [1.807, 2.05) is 36.4 Å². The number of nitrogens with zero attached hydrogens (tertiary/aromatic N) is 1. The molecule has 5 nitrogen and oxygen atoms in total. The molecule has 26 heavy (non-hydrogen) atoms. The fourth-order valence-electron chi connectivity index (χ4n) is 2.42. The van der Waals surface area contributed by atoms with E-state index >= 15 is 0 Å². The van der Waals surface area contributed by atoms with Gasteiger partial charge in [0.25, 0.3) is 17.1 Å². The van der Waals surface area contributed by atoms with Crippen LogP contribution in [0.1, 0.15) is 15.9 Å². The summed E-state index contributed by atoms with van der Waals surface area (Å²) in [5, 5.41) is 2.40. The summed E-state index contributed by atoms with van der Waals surface area (Å²) in [6.07, 6.45) is 1.70. The average molecular weight is 431 g/mol.